The van der Waals surface area contributed by atoms with Crippen molar-refractivity contribution in [1.82, 2.24) is 4.98 Å². The summed E-state index contributed by atoms with van der Waals surface area (Å²) in [5, 5.41) is 0.548. The molecule has 0 fully saturated rings. The van der Waals surface area contributed by atoms with Crippen LogP contribution in [-0.2, 0) is 16.1 Å². The monoisotopic (exact) mass is 200 g/mol. The summed E-state index contributed by atoms with van der Waals surface area (Å²) in [6.45, 7) is 0. The maximum Gasteiger partial charge on any atom is 0.324 e. The van der Waals surface area contributed by atoms with Crippen molar-refractivity contribution in [2.45, 2.75) is 12.8 Å². The van der Waals surface area contributed by atoms with Crippen LogP contribution in [0, 0.1) is 0 Å². The molecule has 0 amide bonds. The first-order valence-electron chi connectivity index (χ1n) is 3.72. The smallest absolute Gasteiger partial charge is 0.324 e. The Kier molecular flexibility index (Phi) is 3.67. The molecule has 2 N–H and O–H groups in total. The topological polar surface area (TPSA) is 65.2 Å². The third kappa shape index (κ3) is 3.01. The van der Waals surface area contributed by atoms with E-state index in [1.54, 1.807) is 12.3 Å². The molecule has 70 valence electrons. The van der Waals surface area contributed by atoms with Crippen LogP contribution >= 0.6 is 11.6 Å². The van der Waals surface area contributed by atoms with Gasteiger partial charge < -0.3 is 4.84 Å². The van der Waals surface area contributed by atoms with E-state index in [4.69, 9.17) is 11.6 Å². The molecule has 0 aromatic carbocycles. The van der Waals surface area contributed by atoms with E-state index in [9.17, 15) is 4.79 Å². The molecule has 0 radical (unpaired) electrons. The Morgan fingerprint density at radius 2 is 2.46 bits per heavy atom. The third-order valence-electron chi connectivity index (χ3n) is 1.59. The number of carbonyl (C=O) groups excluding carboxylic acids is 1. The Morgan fingerprint density at radius 3 is 3.08 bits per heavy atom. The molecule has 0 aliphatic heterocycles. The quantitative estimate of drug-likeness (QED) is 0.742. The highest BCUT2D eigenvalue weighted by Crippen LogP contribution is 2.14. The number of nitrogens with two attached hydrogens (primary N) is 1. The zero-order chi connectivity index (χ0) is 9.68. The summed E-state index contributed by atoms with van der Waals surface area (Å²) in [4.78, 5) is 18.5. The molecule has 5 heteroatoms. The fraction of sp³-hybridized carbons (Fsp3) is 0.250. The highest BCUT2D eigenvalue weighted by molar-refractivity contribution is 6.31. The number of carbonyl (C=O) groups is 1. The van der Waals surface area contributed by atoms with Crippen LogP contribution in [-0.4, -0.2) is 11.0 Å². The summed E-state index contributed by atoms with van der Waals surface area (Å²) >= 11 is 5.81. The number of pyridine rings is 1. The maximum absolute atomic E-state index is 10.7. The van der Waals surface area contributed by atoms with Gasteiger partial charge in [-0.15, -0.1) is 0 Å². The molecule has 0 bridgehead atoms. The van der Waals surface area contributed by atoms with Gasteiger partial charge in [-0.3, -0.25) is 9.78 Å². The molecular formula is C8H9ClN2O2. The number of nitrogens with zero attached hydrogens (tertiary/aromatic N) is 1. The van der Waals surface area contributed by atoms with Crippen LogP contribution in [0.4, 0.5) is 0 Å². The minimum Gasteiger partial charge on any atom is -0.373 e. The van der Waals surface area contributed by atoms with Gasteiger partial charge in [-0.05, 0) is 18.1 Å². The molecular weight excluding hydrogens is 192 g/mol. The van der Waals surface area contributed by atoms with Crippen molar-refractivity contribution in [1.29, 1.82) is 0 Å². The normalized spacial score (nSPS) is 9.69. The molecule has 0 spiro atoms. The second kappa shape index (κ2) is 4.79. The number of aromatic nitrogens is 1. The SMILES string of the molecule is NOC(=O)CCc1ccncc1Cl. The van der Waals surface area contributed by atoms with Crippen molar-refractivity contribution in [2.24, 2.45) is 5.90 Å². The van der Waals surface area contributed by atoms with E-state index in [0.717, 1.165) is 5.56 Å². The highest BCUT2D eigenvalue weighted by Gasteiger charge is 2.04. The average molecular weight is 201 g/mol. The summed E-state index contributed by atoms with van der Waals surface area (Å²) in [5.41, 5.74) is 0.863. The van der Waals surface area contributed by atoms with E-state index < -0.39 is 5.97 Å². The van der Waals surface area contributed by atoms with Crippen LogP contribution in [0.5, 0.6) is 0 Å². The molecule has 1 heterocycles. The van der Waals surface area contributed by atoms with Crippen molar-refractivity contribution in [3.05, 3.63) is 29.0 Å². The molecule has 0 saturated carbocycles. The Labute approximate surface area is 80.6 Å². The van der Waals surface area contributed by atoms with Gasteiger partial charge in [0.1, 0.15) is 0 Å². The van der Waals surface area contributed by atoms with Gasteiger partial charge in [-0.2, -0.15) is 5.90 Å². The van der Waals surface area contributed by atoms with Crippen LogP contribution in [0.25, 0.3) is 0 Å². The van der Waals surface area contributed by atoms with E-state index in [-0.39, 0.29) is 6.42 Å². The van der Waals surface area contributed by atoms with Crippen molar-refractivity contribution in [2.75, 3.05) is 0 Å². The van der Waals surface area contributed by atoms with Crippen LogP contribution in [0.15, 0.2) is 18.5 Å². The molecule has 0 atom stereocenters. The van der Waals surface area contributed by atoms with Crippen LogP contribution in [0.2, 0.25) is 5.02 Å². The summed E-state index contributed by atoms with van der Waals surface area (Å²) in [5.74, 6) is 4.23. The number of hydrogen-bond donors (Lipinski definition) is 1. The molecule has 1 rings (SSSR count). The van der Waals surface area contributed by atoms with Crippen LogP contribution in [0.3, 0.4) is 0 Å². The molecule has 0 aliphatic rings. The molecule has 0 unspecified atom stereocenters. The van der Waals surface area contributed by atoms with Crippen molar-refractivity contribution < 1.29 is 9.63 Å². The number of halogens is 1. The Bertz CT molecular complexity index is 304. The van der Waals surface area contributed by atoms with Crippen molar-refractivity contribution in [3.63, 3.8) is 0 Å². The lowest BCUT2D eigenvalue weighted by Gasteiger charge is -2.01. The predicted octanol–water partition coefficient (Wildman–Crippen LogP) is 1.08. The predicted molar refractivity (Wildman–Crippen MR) is 47.8 cm³/mol. The highest BCUT2D eigenvalue weighted by atomic mass is 35.5. The van der Waals surface area contributed by atoms with Gasteiger partial charge >= 0.3 is 5.97 Å². The number of hydrogen-bond acceptors (Lipinski definition) is 4. The van der Waals surface area contributed by atoms with E-state index in [0.29, 0.717) is 11.4 Å². The third-order valence-corrected chi connectivity index (χ3v) is 1.93. The number of aryl methyl sites for hydroxylation is 1. The molecule has 4 nitrogen and oxygen atoms in total. The van der Waals surface area contributed by atoms with Gasteiger partial charge in [0.15, 0.2) is 0 Å². The average Bonchev–Trinajstić information content (AvgIpc) is 2.16. The molecule has 13 heavy (non-hydrogen) atoms. The maximum atomic E-state index is 10.7. The lowest BCUT2D eigenvalue weighted by molar-refractivity contribution is -0.144. The minimum atomic E-state index is -0.451. The fourth-order valence-corrected chi connectivity index (χ4v) is 1.12. The van der Waals surface area contributed by atoms with Crippen molar-refractivity contribution >= 4 is 17.6 Å². The van der Waals surface area contributed by atoms with Crippen LogP contribution in [0.1, 0.15) is 12.0 Å². The van der Waals surface area contributed by atoms with E-state index >= 15 is 0 Å². The van der Waals surface area contributed by atoms with Gasteiger partial charge in [-0.1, -0.05) is 11.6 Å². The Hall–Kier alpha value is -1.13. The van der Waals surface area contributed by atoms with Crippen molar-refractivity contribution in [3.8, 4) is 0 Å². The first-order chi connectivity index (χ1) is 6.24. The van der Waals surface area contributed by atoms with Gasteiger partial charge in [0.05, 0.1) is 11.4 Å². The standard InChI is InChI=1S/C8H9ClN2O2/c9-7-5-11-4-3-6(7)1-2-8(12)13-10/h3-5H,1-2,10H2. The summed E-state index contributed by atoms with van der Waals surface area (Å²) in [7, 11) is 0. The van der Waals surface area contributed by atoms with E-state index in [2.05, 4.69) is 15.7 Å². The lowest BCUT2D eigenvalue weighted by Crippen LogP contribution is -2.10. The first kappa shape index (κ1) is 9.95. The molecule has 0 saturated heterocycles. The largest absolute Gasteiger partial charge is 0.373 e. The second-order valence-corrected chi connectivity index (χ2v) is 2.86. The summed E-state index contributed by atoms with van der Waals surface area (Å²) in [6.07, 6.45) is 3.89. The molecule has 1 aromatic heterocycles. The van der Waals surface area contributed by atoms with Gasteiger partial charge in [0.25, 0.3) is 0 Å². The molecule has 1 aromatic rings. The van der Waals surface area contributed by atoms with Gasteiger partial charge in [0, 0.05) is 12.4 Å². The number of rotatable bonds is 3. The minimum absolute atomic E-state index is 0.222. The van der Waals surface area contributed by atoms with Crippen LogP contribution < -0.4 is 5.90 Å². The zero-order valence-corrected chi connectivity index (χ0v) is 7.62. The van der Waals surface area contributed by atoms with E-state index in [1.165, 1.54) is 6.20 Å². The summed E-state index contributed by atoms with van der Waals surface area (Å²) in [6, 6.07) is 1.76. The Balaban J connectivity index is 2.54. The first-order valence-corrected chi connectivity index (χ1v) is 4.10. The lowest BCUT2D eigenvalue weighted by atomic mass is 10.1. The zero-order valence-electron chi connectivity index (χ0n) is 6.87. The Morgan fingerprint density at radius 1 is 1.69 bits per heavy atom. The molecule has 0 aliphatic carbocycles. The summed E-state index contributed by atoms with van der Waals surface area (Å²) < 4.78 is 0. The second-order valence-electron chi connectivity index (χ2n) is 2.46. The van der Waals surface area contributed by atoms with Gasteiger partial charge in [-0.25, -0.2) is 0 Å². The van der Waals surface area contributed by atoms with E-state index in [1.807, 2.05) is 0 Å². The van der Waals surface area contributed by atoms with Gasteiger partial charge in [0.2, 0.25) is 0 Å². The fourth-order valence-electron chi connectivity index (χ4n) is 0.902.